The fraction of sp³-hybridized carbons (Fsp3) is 0.818. The zero-order valence-electron chi connectivity index (χ0n) is 10.5. The minimum absolute atomic E-state index is 0. The van der Waals surface area contributed by atoms with Gasteiger partial charge in [0.1, 0.15) is 0 Å². The third-order valence-corrected chi connectivity index (χ3v) is 2.73. The number of unbranched alkanes of at least 4 members (excludes halogenated alkanes) is 1. The van der Waals surface area contributed by atoms with Gasteiger partial charge in [-0.05, 0) is 19.3 Å². The molecule has 0 saturated heterocycles. The fourth-order valence-electron chi connectivity index (χ4n) is 1.86. The van der Waals surface area contributed by atoms with E-state index < -0.39 is 0 Å². The van der Waals surface area contributed by atoms with E-state index in [0.29, 0.717) is 12.0 Å². The summed E-state index contributed by atoms with van der Waals surface area (Å²) in [7, 11) is 0. The molecule has 0 aliphatic heterocycles. The predicted molar refractivity (Wildman–Crippen MR) is 74.9 cm³/mol. The first-order valence-electron chi connectivity index (χ1n) is 6.14. The van der Waals surface area contributed by atoms with Gasteiger partial charge in [-0.3, -0.25) is 15.7 Å². The minimum atomic E-state index is -0.0549. The van der Waals surface area contributed by atoms with Crippen LogP contribution in [0.25, 0.3) is 0 Å². The average Bonchev–Trinajstić information content (AvgIpc) is 2.69. The molecule has 1 fully saturated rings. The van der Waals surface area contributed by atoms with E-state index in [1.165, 1.54) is 25.7 Å². The van der Waals surface area contributed by atoms with Crippen molar-refractivity contribution in [1.29, 1.82) is 5.41 Å². The molecule has 0 aromatic carbocycles. The van der Waals surface area contributed by atoms with Crippen molar-refractivity contribution in [1.82, 2.24) is 10.6 Å². The molecule has 17 heavy (non-hydrogen) atoms. The van der Waals surface area contributed by atoms with Crippen LogP contribution in [0, 0.1) is 5.41 Å². The van der Waals surface area contributed by atoms with E-state index in [4.69, 9.17) is 11.1 Å². The maximum atomic E-state index is 7.23. The van der Waals surface area contributed by atoms with Gasteiger partial charge in [0.2, 0.25) is 0 Å². The van der Waals surface area contributed by atoms with Crippen molar-refractivity contribution in [2.24, 2.45) is 10.7 Å². The van der Waals surface area contributed by atoms with E-state index in [0.717, 1.165) is 19.4 Å². The lowest BCUT2D eigenvalue weighted by Gasteiger charge is -2.16. The molecule has 0 aromatic rings. The lowest BCUT2D eigenvalue weighted by Crippen LogP contribution is -2.47. The van der Waals surface area contributed by atoms with Crippen LogP contribution in [-0.2, 0) is 0 Å². The molecule has 0 bridgehead atoms. The molecule has 0 spiro atoms. The average molecular weight is 262 g/mol. The second-order valence-electron chi connectivity index (χ2n) is 4.25. The molecule has 1 aliphatic rings. The summed E-state index contributed by atoms with van der Waals surface area (Å²) in [6.07, 6.45) is 7.12. The standard InChI is InChI=1S/C11H23N5.ClH/c1-2-3-8-14-11(16-10(12)13)15-9-6-4-5-7-9;/h9H,2-8H2,1H3,(H5,12,13,14,15,16);1H. The third kappa shape index (κ3) is 7.05. The number of nitrogens with zero attached hydrogens (tertiary/aromatic N) is 1. The van der Waals surface area contributed by atoms with Crippen LogP contribution in [0.4, 0.5) is 0 Å². The molecule has 5 nitrogen and oxygen atoms in total. The van der Waals surface area contributed by atoms with Crippen molar-refractivity contribution in [2.45, 2.75) is 51.5 Å². The van der Waals surface area contributed by atoms with Crippen LogP contribution in [0.1, 0.15) is 45.4 Å². The van der Waals surface area contributed by atoms with Crippen LogP contribution < -0.4 is 16.4 Å². The maximum absolute atomic E-state index is 7.23. The first kappa shape index (κ1) is 16.0. The third-order valence-electron chi connectivity index (χ3n) is 2.73. The Morgan fingerprint density at radius 2 is 2.06 bits per heavy atom. The van der Waals surface area contributed by atoms with Gasteiger partial charge < -0.3 is 11.1 Å². The van der Waals surface area contributed by atoms with Crippen molar-refractivity contribution in [3.05, 3.63) is 0 Å². The van der Waals surface area contributed by atoms with E-state index in [1.807, 2.05) is 0 Å². The summed E-state index contributed by atoms with van der Waals surface area (Å²) in [6, 6.07) is 0.493. The molecule has 100 valence electrons. The smallest absolute Gasteiger partial charge is 0.198 e. The molecule has 0 heterocycles. The quantitative estimate of drug-likeness (QED) is 0.352. The van der Waals surface area contributed by atoms with Crippen molar-refractivity contribution in [3.8, 4) is 0 Å². The molecule has 1 saturated carbocycles. The van der Waals surface area contributed by atoms with Gasteiger partial charge in [0.15, 0.2) is 11.9 Å². The van der Waals surface area contributed by atoms with Crippen LogP contribution in [0.15, 0.2) is 4.99 Å². The summed E-state index contributed by atoms with van der Waals surface area (Å²) in [5.41, 5.74) is 5.32. The van der Waals surface area contributed by atoms with E-state index in [-0.39, 0.29) is 18.4 Å². The Morgan fingerprint density at radius 3 is 2.59 bits per heavy atom. The van der Waals surface area contributed by atoms with E-state index >= 15 is 0 Å². The Morgan fingerprint density at radius 1 is 1.41 bits per heavy atom. The number of hydrogen-bond donors (Lipinski definition) is 4. The summed E-state index contributed by atoms with van der Waals surface area (Å²) in [5.74, 6) is 0.605. The largest absolute Gasteiger partial charge is 0.370 e. The topological polar surface area (TPSA) is 86.3 Å². The normalized spacial score (nSPS) is 16.4. The monoisotopic (exact) mass is 261 g/mol. The number of halogens is 1. The zero-order valence-corrected chi connectivity index (χ0v) is 11.3. The SMILES string of the molecule is CCCCN=C(NC(=N)N)NC1CCCC1.Cl. The highest BCUT2D eigenvalue weighted by molar-refractivity contribution is 5.96. The van der Waals surface area contributed by atoms with Crippen LogP contribution in [0.2, 0.25) is 0 Å². The molecule has 0 unspecified atom stereocenters. The Kier molecular flexibility index (Phi) is 8.58. The first-order valence-corrected chi connectivity index (χ1v) is 6.14. The molecule has 5 N–H and O–H groups in total. The lowest BCUT2D eigenvalue weighted by molar-refractivity contribution is 0.620. The summed E-state index contributed by atoms with van der Waals surface area (Å²) in [6.45, 7) is 2.92. The molecule has 6 heteroatoms. The van der Waals surface area contributed by atoms with Crippen molar-refractivity contribution in [3.63, 3.8) is 0 Å². The molecule has 1 aliphatic carbocycles. The van der Waals surface area contributed by atoms with E-state index in [1.54, 1.807) is 0 Å². The van der Waals surface area contributed by atoms with Gasteiger partial charge in [0.25, 0.3) is 0 Å². The van der Waals surface area contributed by atoms with Gasteiger partial charge in [-0.25, -0.2) is 0 Å². The van der Waals surface area contributed by atoms with Gasteiger partial charge in [-0.1, -0.05) is 26.2 Å². The first-order chi connectivity index (χ1) is 7.72. The number of nitrogens with two attached hydrogens (primary N) is 1. The molecule has 0 aromatic heterocycles. The highest BCUT2D eigenvalue weighted by Gasteiger charge is 2.16. The van der Waals surface area contributed by atoms with Gasteiger partial charge in [-0.15, -0.1) is 12.4 Å². The van der Waals surface area contributed by atoms with Crippen molar-refractivity contribution >= 4 is 24.3 Å². The summed E-state index contributed by atoms with van der Waals surface area (Å²) >= 11 is 0. The summed E-state index contributed by atoms with van der Waals surface area (Å²) < 4.78 is 0. The maximum Gasteiger partial charge on any atom is 0.198 e. The van der Waals surface area contributed by atoms with Gasteiger partial charge in [-0.2, -0.15) is 0 Å². The van der Waals surface area contributed by atoms with Gasteiger partial charge in [0, 0.05) is 12.6 Å². The number of aliphatic imine (C=N–C) groups is 1. The van der Waals surface area contributed by atoms with E-state index in [9.17, 15) is 0 Å². The van der Waals surface area contributed by atoms with Gasteiger partial charge in [0.05, 0.1) is 0 Å². The molecule has 0 amide bonds. The van der Waals surface area contributed by atoms with Gasteiger partial charge >= 0.3 is 0 Å². The predicted octanol–water partition coefficient (Wildman–Crippen LogP) is 1.58. The summed E-state index contributed by atoms with van der Waals surface area (Å²) in [5, 5.41) is 13.3. The zero-order chi connectivity index (χ0) is 11.8. The highest BCUT2D eigenvalue weighted by Crippen LogP contribution is 2.17. The van der Waals surface area contributed by atoms with Crippen LogP contribution in [0.5, 0.6) is 0 Å². The Hall–Kier alpha value is -0.970. The second-order valence-corrected chi connectivity index (χ2v) is 4.25. The Labute approximate surface area is 110 Å². The van der Waals surface area contributed by atoms with E-state index in [2.05, 4.69) is 22.5 Å². The number of guanidine groups is 2. The Bertz CT molecular complexity index is 248. The minimum Gasteiger partial charge on any atom is -0.370 e. The molecule has 0 radical (unpaired) electrons. The number of rotatable bonds is 4. The Balaban J connectivity index is 0.00000256. The summed E-state index contributed by atoms with van der Waals surface area (Å²) in [4.78, 5) is 4.39. The van der Waals surface area contributed by atoms with Crippen LogP contribution in [-0.4, -0.2) is 24.5 Å². The van der Waals surface area contributed by atoms with Crippen LogP contribution >= 0.6 is 12.4 Å². The number of hydrogen-bond acceptors (Lipinski definition) is 2. The lowest BCUT2D eigenvalue weighted by atomic mass is 10.2. The molecule has 0 atom stereocenters. The second kappa shape index (κ2) is 9.10. The van der Waals surface area contributed by atoms with Crippen molar-refractivity contribution < 1.29 is 0 Å². The number of nitrogens with one attached hydrogen (secondary N) is 3. The molecular weight excluding hydrogens is 238 g/mol. The molecular formula is C11H24ClN5. The highest BCUT2D eigenvalue weighted by atomic mass is 35.5. The fourth-order valence-corrected chi connectivity index (χ4v) is 1.86. The van der Waals surface area contributed by atoms with Crippen LogP contribution in [0.3, 0.4) is 0 Å². The molecule has 1 rings (SSSR count). The van der Waals surface area contributed by atoms with Crippen molar-refractivity contribution in [2.75, 3.05) is 6.54 Å².